The summed E-state index contributed by atoms with van der Waals surface area (Å²) in [5.74, 6) is 2.98. The molecule has 7 heteroatoms. The van der Waals surface area contributed by atoms with Crippen molar-refractivity contribution in [2.75, 3.05) is 26.6 Å². The third-order valence-electron chi connectivity index (χ3n) is 4.92. The number of rotatable bonds is 5. The largest absolute Gasteiger partial charge is 0.497 e. The summed E-state index contributed by atoms with van der Waals surface area (Å²) < 4.78 is 18.4. The van der Waals surface area contributed by atoms with Crippen LogP contribution in [0, 0.1) is 0 Å². The molecule has 0 saturated carbocycles. The molecule has 2 heterocycles. The Morgan fingerprint density at radius 2 is 1.89 bits per heavy atom. The zero-order valence-electron chi connectivity index (χ0n) is 15.5. The molecule has 2 atom stereocenters. The Morgan fingerprint density at radius 1 is 1.04 bits per heavy atom. The van der Waals surface area contributed by atoms with Crippen LogP contribution in [-0.4, -0.2) is 36.1 Å². The number of nitrogens with one attached hydrogen (secondary N) is 1. The molecule has 0 saturated heterocycles. The summed E-state index contributed by atoms with van der Waals surface area (Å²) in [7, 11) is 4.97. The predicted octanol–water partition coefficient (Wildman–Crippen LogP) is 3.45. The third-order valence-corrected chi connectivity index (χ3v) is 4.92. The lowest BCUT2D eigenvalue weighted by Gasteiger charge is -2.32. The second kappa shape index (κ2) is 7.19. The van der Waals surface area contributed by atoms with Crippen molar-refractivity contribution in [1.82, 2.24) is 14.8 Å². The van der Waals surface area contributed by atoms with Gasteiger partial charge >= 0.3 is 0 Å². The normalized spacial score (nSPS) is 18.3. The van der Waals surface area contributed by atoms with E-state index in [1.165, 1.54) is 0 Å². The molecule has 7 nitrogen and oxygen atoms in total. The molecular weight excluding hydrogens is 344 g/mol. The minimum Gasteiger partial charge on any atom is -0.497 e. The number of methoxy groups -OCH3 is 3. The van der Waals surface area contributed by atoms with Crippen LogP contribution in [0.1, 0.15) is 29.6 Å². The number of para-hydroxylation sites is 1. The second-order valence-corrected chi connectivity index (χ2v) is 6.34. The summed E-state index contributed by atoms with van der Waals surface area (Å²) in [6.45, 7) is 0. The number of anilines is 1. The molecule has 1 aliphatic rings. The molecule has 140 valence electrons. The number of fused-ring (bicyclic) bond motifs is 1. The lowest BCUT2D eigenvalue weighted by molar-refractivity contribution is 0.340. The van der Waals surface area contributed by atoms with Gasteiger partial charge in [-0.2, -0.15) is 10.1 Å². The summed E-state index contributed by atoms with van der Waals surface area (Å²) in [6.07, 6.45) is 2.35. The van der Waals surface area contributed by atoms with Gasteiger partial charge in [-0.1, -0.05) is 24.3 Å². The van der Waals surface area contributed by atoms with E-state index < -0.39 is 0 Å². The minimum atomic E-state index is -0.0370. The van der Waals surface area contributed by atoms with Crippen LogP contribution in [0.5, 0.6) is 17.2 Å². The third kappa shape index (κ3) is 3.05. The summed E-state index contributed by atoms with van der Waals surface area (Å²) >= 11 is 0. The van der Waals surface area contributed by atoms with Gasteiger partial charge in [-0.05, 0) is 30.2 Å². The zero-order chi connectivity index (χ0) is 18.8. The Balaban J connectivity index is 1.77. The Labute approximate surface area is 157 Å². The molecule has 2 unspecified atom stereocenters. The van der Waals surface area contributed by atoms with Gasteiger partial charge in [0.05, 0.1) is 33.4 Å². The molecule has 1 N–H and O–H groups in total. The fourth-order valence-electron chi connectivity index (χ4n) is 3.63. The highest BCUT2D eigenvalue weighted by atomic mass is 16.5. The van der Waals surface area contributed by atoms with Crippen molar-refractivity contribution in [2.24, 2.45) is 0 Å². The summed E-state index contributed by atoms with van der Waals surface area (Å²) in [6, 6.07) is 14.0. The Kier molecular flexibility index (Phi) is 4.58. The van der Waals surface area contributed by atoms with Gasteiger partial charge in [-0.25, -0.2) is 4.68 Å². The minimum absolute atomic E-state index is 0.0370. The van der Waals surface area contributed by atoms with Crippen LogP contribution in [0.4, 0.5) is 5.95 Å². The summed E-state index contributed by atoms with van der Waals surface area (Å²) in [5, 5.41) is 7.90. The first-order chi connectivity index (χ1) is 13.2. The summed E-state index contributed by atoms with van der Waals surface area (Å²) in [4.78, 5) is 4.39. The topological polar surface area (TPSA) is 70.4 Å². The van der Waals surface area contributed by atoms with Crippen molar-refractivity contribution in [1.29, 1.82) is 0 Å². The van der Waals surface area contributed by atoms with Crippen LogP contribution < -0.4 is 19.5 Å². The van der Waals surface area contributed by atoms with Gasteiger partial charge in [0, 0.05) is 5.56 Å². The highest BCUT2D eigenvalue weighted by Crippen LogP contribution is 2.43. The number of hydrogen-bond donors (Lipinski definition) is 1. The first-order valence-electron chi connectivity index (χ1n) is 8.76. The molecule has 0 spiro atoms. The SMILES string of the molecule is COc1cccc(C2CC(c3cccc(OC)c3OC)n3ncnc3N2)c1. The standard InChI is InChI=1S/C20H22N4O3/c1-25-14-7-4-6-13(10-14)16-11-17(24-20(23-16)21-12-22-24)15-8-5-9-18(26-2)19(15)27-3/h4-10,12,16-17H,11H2,1-3H3,(H,21,22,23). The van der Waals surface area contributed by atoms with Crippen LogP contribution in [0.25, 0.3) is 0 Å². The van der Waals surface area contributed by atoms with E-state index >= 15 is 0 Å². The molecule has 3 aromatic rings. The van der Waals surface area contributed by atoms with Crippen molar-refractivity contribution < 1.29 is 14.2 Å². The van der Waals surface area contributed by atoms with Gasteiger partial charge in [0.25, 0.3) is 0 Å². The molecular formula is C20H22N4O3. The van der Waals surface area contributed by atoms with Crippen LogP contribution in [0.15, 0.2) is 48.8 Å². The monoisotopic (exact) mass is 366 g/mol. The van der Waals surface area contributed by atoms with Crippen molar-refractivity contribution in [2.45, 2.75) is 18.5 Å². The maximum absolute atomic E-state index is 5.66. The highest BCUT2D eigenvalue weighted by molar-refractivity contribution is 5.50. The number of benzene rings is 2. The molecule has 1 aromatic heterocycles. The molecule has 0 bridgehead atoms. The lowest BCUT2D eigenvalue weighted by Crippen LogP contribution is -2.28. The van der Waals surface area contributed by atoms with Gasteiger partial charge in [-0.3, -0.25) is 0 Å². The smallest absolute Gasteiger partial charge is 0.222 e. The van der Waals surface area contributed by atoms with E-state index in [4.69, 9.17) is 14.2 Å². The van der Waals surface area contributed by atoms with E-state index in [1.54, 1.807) is 27.7 Å². The molecule has 1 aliphatic heterocycles. The average Bonchev–Trinajstić information content (AvgIpc) is 3.21. The van der Waals surface area contributed by atoms with E-state index in [9.17, 15) is 0 Å². The summed E-state index contributed by atoms with van der Waals surface area (Å²) in [5.41, 5.74) is 2.15. The van der Waals surface area contributed by atoms with Crippen molar-refractivity contribution in [3.8, 4) is 17.2 Å². The Morgan fingerprint density at radius 3 is 2.67 bits per heavy atom. The van der Waals surface area contributed by atoms with Crippen molar-refractivity contribution in [3.05, 3.63) is 59.9 Å². The van der Waals surface area contributed by atoms with Gasteiger partial charge in [0.1, 0.15) is 12.1 Å². The maximum Gasteiger partial charge on any atom is 0.222 e. The molecule has 0 aliphatic carbocycles. The Bertz CT molecular complexity index is 940. The number of ether oxygens (including phenoxy) is 3. The number of aromatic nitrogens is 3. The first-order valence-corrected chi connectivity index (χ1v) is 8.76. The molecule has 27 heavy (non-hydrogen) atoms. The van der Waals surface area contributed by atoms with Gasteiger partial charge in [0.2, 0.25) is 5.95 Å². The average molecular weight is 366 g/mol. The van der Waals surface area contributed by atoms with Crippen LogP contribution in [-0.2, 0) is 0 Å². The second-order valence-electron chi connectivity index (χ2n) is 6.34. The number of nitrogens with zero attached hydrogens (tertiary/aromatic N) is 3. The molecule has 0 radical (unpaired) electrons. The van der Waals surface area contributed by atoms with Gasteiger partial charge < -0.3 is 19.5 Å². The first kappa shape index (κ1) is 17.2. The molecule has 4 rings (SSSR count). The fraction of sp³-hybridized carbons (Fsp3) is 0.300. The highest BCUT2D eigenvalue weighted by Gasteiger charge is 2.32. The molecule has 2 aromatic carbocycles. The van der Waals surface area contributed by atoms with Crippen LogP contribution in [0.3, 0.4) is 0 Å². The van der Waals surface area contributed by atoms with E-state index in [0.717, 1.165) is 35.0 Å². The van der Waals surface area contributed by atoms with E-state index in [1.807, 2.05) is 41.1 Å². The predicted molar refractivity (Wildman–Crippen MR) is 102 cm³/mol. The maximum atomic E-state index is 5.66. The fourth-order valence-corrected chi connectivity index (χ4v) is 3.63. The van der Waals surface area contributed by atoms with Crippen LogP contribution >= 0.6 is 0 Å². The molecule has 0 amide bonds. The zero-order valence-corrected chi connectivity index (χ0v) is 15.5. The lowest BCUT2D eigenvalue weighted by atomic mass is 9.92. The van der Waals surface area contributed by atoms with E-state index in [-0.39, 0.29) is 12.1 Å². The van der Waals surface area contributed by atoms with Crippen molar-refractivity contribution >= 4 is 5.95 Å². The van der Waals surface area contributed by atoms with Crippen molar-refractivity contribution in [3.63, 3.8) is 0 Å². The van der Waals surface area contributed by atoms with Crippen LogP contribution in [0.2, 0.25) is 0 Å². The van der Waals surface area contributed by atoms with Gasteiger partial charge in [-0.15, -0.1) is 0 Å². The number of hydrogen-bond acceptors (Lipinski definition) is 6. The van der Waals surface area contributed by atoms with E-state index in [2.05, 4.69) is 21.5 Å². The molecule has 0 fully saturated rings. The van der Waals surface area contributed by atoms with Gasteiger partial charge in [0.15, 0.2) is 11.5 Å². The van der Waals surface area contributed by atoms with E-state index in [0.29, 0.717) is 5.75 Å². The quantitative estimate of drug-likeness (QED) is 0.746. The Hall–Kier alpha value is -3.22.